The van der Waals surface area contributed by atoms with Gasteiger partial charge in [-0.2, -0.15) is 0 Å². The van der Waals surface area contributed by atoms with Gasteiger partial charge in [-0.1, -0.05) is 12.0 Å². The van der Waals surface area contributed by atoms with Crippen molar-refractivity contribution in [2.45, 2.75) is 19.0 Å². The molecule has 3 N–H and O–H groups in total. The Morgan fingerprint density at radius 3 is 2.50 bits per heavy atom. The second-order valence-corrected chi connectivity index (χ2v) is 3.96. The molecule has 0 aliphatic heterocycles. The number of hydrogen-bond donors (Lipinski definition) is 2. The van der Waals surface area contributed by atoms with Crippen LogP contribution in [0.15, 0.2) is 18.2 Å². The molecule has 0 aromatic heterocycles. The summed E-state index contributed by atoms with van der Waals surface area (Å²) in [7, 11) is 3.22. The molecule has 4 heteroatoms. The van der Waals surface area contributed by atoms with E-state index in [9.17, 15) is 0 Å². The average molecular weight is 248 g/mol. The standard InChI is InChI=1S/C14H20N2O2/c1-5-10(2)16-12(9-15)11-6-7-13(17-3)14(8-11)18-4/h1,6-8,10,12,16H,9,15H2,2-4H3. The van der Waals surface area contributed by atoms with Crippen LogP contribution in [0.4, 0.5) is 0 Å². The molecule has 0 fully saturated rings. The molecule has 0 spiro atoms. The summed E-state index contributed by atoms with van der Waals surface area (Å²) in [5.74, 6) is 4.01. The summed E-state index contributed by atoms with van der Waals surface area (Å²) in [4.78, 5) is 0. The van der Waals surface area contributed by atoms with Crippen LogP contribution in [0.5, 0.6) is 11.5 Å². The van der Waals surface area contributed by atoms with Crippen molar-refractivity contribution < 1.29 is 9.47 Å². The number of methoxy groups -OCH3 is 2. The lowest BCUT2D eigenvalue weighted by Gasteiger charge is -2.20. The number of ether oxygens (including phenoxy) is 2. The van der Waals surface area contributed by atoms with Crippen LogP contribution in [0.1, 0.15) is 18.5 Å². The van der Waals surface area contributed by atoms with Crippen LogP contribution in [0.25, 0.3) is 0 Å². The Hall–Kier alpha value is -1.70. The van der Waals surface area contributed by atoms with E-state index in [-0.39, 0.29) is 12.1 Å². The van der Waals surface area contributed by atoms with Gasteiger partial charge in [0.1, 0.15) is 0 Å². The highest BCUT2D eigenvalue weighted by Crippen LogP contribution is 2.29. The summed E-state index contributed by atoms with van der Waals surface area (Å²) in [6.45, 7) is 2.38. The Labute approximate surface area is 108 Å². The van der Waals surface area contributed by atoms with Gasteiger partial charge in [-0.3, -0.25) is 5.32 Å². The molecule has 1 aromatic rings. The van der Waals surface area contributed by atoms with E-state index in [1.807, 2.05) is 25.1 Å². The summed E-state index contributed by atoms with van der Waals surface area (Å²) in [5.41, 5.74) is 6.79. The summed E-state index contributed by atoms with van der Waals surface area (Å²) in [6.07, 6.45) is 5.36. The smallest absolute Gasteiger partial charge is 0.161 e. The molecule has 2 atom stereocenters. The Morgan fingerprint density at radius 1 is 1.33 bits per heavy atom. The zero-order valence-corrected chi connectivity index (χ0v) is 11.1. The van der Waals surface area contributed by atoms with Gasteiger partial charge in [0.25, 0.3) is 0 Å². The molecule has 0 aliphatic carbocycles. The van der Waals surface area contributed by atoms with E-state index in [2.05, 4.69) is 11.2 Å². The van der Waals surface area contributed by atoms with Gasteiger partial charge in [-0.05, 0) is 24.6 Å². The van der Waals surface area contributed by atoms with E-state index in [1.54, 1.807) is 14.2 Å². The van der Waals surface area contributed by atoms with Crippen LogP contribution in [0.2, 0.25) is 0 Å². The fraction of sp³-hybridized carbons (Fsp3) is 0.429. The number of nitrogens with one attached hydrogen (secondary N) is 1. The van der Waals surface area contributed by atoms with Crippen LogP contribution in [-0.2, 0) is 0 Å². The number of benzene rings is 1. The van der Waals surface area contributed by atoms with E-state index >= 15 is 0 Å². The third kappa shape index (κ3) is 3.39. The van der Waals surface area contributed by atoms with Crippen molar-refractivity contribution in [2.75, 3.05) is 20.8 Å². The van der Waals surface area contributed by atoms with Crippen LogP contribution >= 0.6 is 0 Å². The SMILES string of the molecule is C#CC(C)NC(CN)c1ccc(OC)c(OC)c1. The Bertz CT molecular complexity index is 426. The fourth-order valence-electron chi connectivity index (χ4n) is 1.72. The van der Waals surface area contributed by atoms with Crippen molar-refractivity contribution in [2.24, 2.45) is 5.73 Å². The maximum atomic E-state index is 5.77. The Balaban J connectivity index is 2.96. The predicted octanol–water partition coefficient (Wildman–Crippen LogP) is 1.31. The summed E-state index contributed by atoms with van der Waals surface area (Å²) in [5, 5.41) is 3.26. The summed E-state index contributed by atoms with van der Waals surface area (Å²) >= 11 is 0. The van der Waals surface area contributed by atoms with Gasteiger partial charge in [0, 0.05) is 12.6 Å². The largest absolute Gasteiger partial charge is 0.493 e. The molecule has 0 heterocycles. The molecule has 0 bridgehead atoms. The lowest BCUT2D eigenvalue weighted by Crippen LogP contribution is -2.34. The minimum Gasteiger partial charge on any atom is -0.493 e. The lowest BCUT2D eigenvalue weighted by molar-refractivity contribution is 0.353. The van der Waals surface area contributed by atoms with Gasteiger partial charge in [0.05, 0.1) is 20.3 Å². The molecular weight excluding hydrogens is 228 g/mol. The van der Waals surface area contributed by atoms with Gasteiger partial charge in [0.15, 0.2) is 11.5 Å². The molecule has 0 aliphatic rings. The van der Waals surface area contributed by atoms with Crippen molar-refractivity contribution in [3.63, 3.8) is 0 Å². The molecule has 0 amide bonds. The van der Waals surface area contributed by atoms with Crippen LogP contribution in [-0.4, -0.2) is 26.8 Å². The molecule has 0 saturated carbocycles. The Morgan fingerprint density at radius 2 is 2.00 bits per heavy atom. The minimum absolute atomic E-state index is 0.00384. The zero-order valence-electron chi connectivity index (χ0n) is 11.1. The highest BCUT2D eigenvalue weighted by atomic mass is 16.5. The van der Waals surface area contributed by atoms with Crippen LogP contribution in [0.3, 0.4) is 0 Å². The molecule has 18 heavy (non-hydrogen) atoms. The molecule has 1 rings (SSSR count). The van der Waals surface area contributed by atoms with E-state index < -0.39 is 0 Å². The average Bonchev–Trinajstić information content (AvgIpc) is 2.43. The first kappa shape index (κ1) is 14.4. The van der Waals surface area contributed by atoms with Crippen molar-refractivity contribution >= 4 is 0 Å². The highest BCUT2D eigenvalue weighted by molar-refractivity contribution is 5.44. The van der Waals surface area contributed by atoms with Crippen LogP contribution < -0.4 is 20.5 Å². The van der Waals surface area contributed by atoms with Gasteiger partial charge in [0.2, 0.25) is 0 Å². The fourth-order valence-corrected chi connectivity index (χ4v) is 1.72. The van der Waals surface area contributed by atoms with Crippen molar-refractivity contribution in [3.05, 3.63) is 23.8 Å². The molecule has 1 aromatic carbocycles. The van der Waals surface area contributed by atoms with Crippen LogP contribution in [0, 0.1) is 12.3 Å². The van der Waals surface area contributed by atoms with E-state index in [4.69, 9.17) is 21.6 Å². The zero-order chi connectivity index (χ0) is 13.5. The molecule has 0 radical (unpaired) electrons. The predicted molar refractivity (Wildman–Crippen MR) is 72.8 cm³/mol. The quantitative estimate of drug-likeness (QED) is 0.745. The summed E-state index contributed by atoms with van der Waals surface area (Å²) < 4.78 is 10.5. The van der Waals surface area contributed by atoms with Gasteiger partial charge in [-0.25, -0.2) is 0 Å². The number of rotatable bonds is 6. The van der Waals surface area contributed by atoms with E-state index in [0.717, 1.165) is 5.56 Å². The van der Waals surface area contributed by atoms with Gasteiger partial charge < -0.3 is 15.2 Å². The Kier molecular flexibility index (Phi) is 5.50. The number of hydrogen-bond acceptors (Lipinski definition) is 4. The first-order valence-corrected chi connectivity index (χ1v) is 5.80. The molecule has 98 valence electrons. The molecular formula is C14H20N2O2. The van der Waals surface area contributed by atoms with Crippen molar-refractivity contribution in [1.29, 1.82) is 0 Å². The lowest BCUT2D eigenvalue weighted by atomic mass is 10.1. The van der Waals surface area contributed by atoms with Crippen molar-refractivity contribution in [3.8, 4) is 23.8 Å². The normalized spacial score (nSPS) is 13.5. The number of terminal acetylenes is 1. The number of nitrogens with two attached hydrogens (primary N) is 1. The maximum Gasteiger partial charge on any atom is 0.161 e. The maximum absolute atomic E-state index is 5.77. The molecule has 0 saturated heterocycles. The van der Waals surface area contributed by atoms with Gasteiger partial charge >= 0.3 is 0 Å². The van der Waals surface area contributed by atoms with E-state index in [0.29, 0.717) is 18.0 Å². The van der Waals surface area contributed by atoms with E-state index in [1.165, 1.54) is 0 Å². The molecule has 2 unspecified atom stereocenters. The second-order valence-electron chi connectivity index (χ2n) is 3.96. The minimum atomic E-state index is -0.0355. The third-order valence-corrected chi connectivity index (χ3v) is 2.75. The highest BCUT2D eigenvalue weighted by Gasteiger charge is 2.14. The first-order chi connectivity index (χ1) is 8.65. The van der Waals surface area contributed by atoms with Gasteiger partial charge in [-0.15, -0.1) is 6.42 Å². The first-order valence-electron chi connectivity index (χ1n) is 5.80. The van der Waals surface area contributed by atoms with Crippen molar-refractivity contribution in [1.82, 2.24) is 5.32 Å². The summed E-state index contributed by atoms with van der Waals surface area (Å²) in [6, 6.07) is 5.68. The third-order valence-electron chi connectivity index (χ3n) is 2.75. The monoisotopic (exact) mass is 248 g/mol. The topological polar surface area (TPSA) is 56.5 Å². The second kappa shape index (κ2) is 6.90. The molecule has 4 nitrogen and oxygen atoms in total.